The summed E-state index contributed by atoms with van der Waals surface area (Å²) < 4.78 is 0.954. The van der Waals surface area contributed by atoms with Crippen LogP contribution in [0, 0.1) is 0 Å². The van der Waals surface area contributed by atoms with Crippen molar-refractivity contribution in [3.05, 3.63) is 28.1 Å². The third-order valence-electron chi connectivity index (χ3n) is 3.58. The number of hydrogen-bond acceptors (Lipinski definition) is 3. The van der Waals surface area contributed by atoms with Crippen molar-refractivity contribution in [2.75, 3.05) is 12.8 Å². The van der Waals surface area contributed by atoms with Crippen molar-refractivity contribution in [1.82, 2.24) is 4.90 Å². The number of halogens is 1. The summed E-state index contributed by atoms with van der Waals surface area (Å²) >= 11 is 7.58. The lowest BCUT2D eigenvalue weighted by Crippen LogP contribution is -2.34. The number of nitrogen functional groups attached to an aromatic ring is 1. The van der Waals surface area contributed by atoms with Gasteiger partial charge in [-0.2, -0.15) is 0 Å². The number of benzene rings is 1. The molecule has 0 saturated heterocycles. The van der Waals surface area contributed by atoms with Crippen LogP contribution in [-0.4, -0.2) is 23.9 Å². The molecule has 1 amide bonds. The maximum atomic E-state index is 12.6. The van der Waals surface area contributed by atoms with Crippen molar-refractivity contribution >= 4 is 44.6 Å². The number of amides is 1. The van der Waals surface area contributed by atoms with Crippen LogP contribution in [-0.2, 0) is 0 Å². The minimum Gasteiger partial charge on any atom is -0.397 e. The normalized spacial score (nSPS) is 12.6. The van der Waals surface area contributed by atoms with Gasteiger partial charge in [0, 0.05) is 23.2 Å². The Balaban J connectivity index is 2.40. The Morgan fingerprint density at radius 3 is 2.80 bits per heavy atom. The fourth-order valence-electron chi connectivity index (χ4n) is 2.26. The minimum atomic E-state index is -0.0271. The molecule has 2 rings (SSSR count). The van der Waals surface area contributed by atoms with E-state index in [1.165, 1.54) is 11.3 Å². The maximum Gasteiger partial charge on any atom is 0.266 e. The molecule has 0 aliphatic heterocycles. The van der Waals surface area contributed by atoms with Gasteiger partial charge in [0.15, 0.2) is 0 Å². The highest BCUT2D eigenvalue weighted by molar-refractivity contribution is 7.21. The predicted molar refractivity (Wildman–Crippen MR) is 87.7 cm³/mol. The van der Waals surface area contributed by atoms with Gasteiger partial charge >= 0.3 is 0 Å². The number of thiophene rings is 1. The van der Waals surface area contributed by atoms with Crippen molar-refractivity contribution in [3.8, 4) is 0 Å². The van der Waals surface area contributed by atoms with Gasteiger partial charge in [-0.15, -0.1) is 11.3 Å². The standard InChI is InChI=1S/C15H19ClN2OS/c1-4-6-9(2)18(3)15(19)14-13(17)12-10(16)7-5-8-11(12)20-14/h5,7-9H,4,6,17H2,1-3H3. The van der Waals surface area contributed by atoms with Gasteiger partial charge in [-0.3, -0.25) is 4.79 Å². The van der Waals surface area contributed by atoms with E-state index in [0.717, 1.165) is 22.9 Å². The van der Waals surface area contributed by atoms with E-state index in [4.69, 9.17) is 17.3 Å². The van der Waals surface area contributed by atoms with Gasteiger partial charge in [-0.1, -0.05) is 31.0 Å². The molecule has 2 aromatic rings. The average Bonchev–Trinajstić information content (AvgIpc) is 2.76. The molecule has 1 aromatic carbocycles. The van der Waals surface area contributed by atoms with Gasteiger partial charge in [0.05, 0.1) is 10.7 Å². The van der Waals surface area contributed by atoms with Crippen molar-refractivity contribution in [2.24, 2.45) is 0 Å². The number of nitrogens with zero attached hydrogens (tertiary/aromatic N) is 1. The Morgan fingerprint density at radius 2 is 2.20 bits per heavy atom. The fraction of sp³-hybridized carbons (Fsp3) is 0.400. The van der Waals surface area contributed by atoms with Crippen LogP contribution >= 0.6 is 22.9 Å². The second-order valence-corrected chi connectivity index (χ2v) is 6.47. The summed E-state index contributed by atoms with van der Waals surface area (Å²) in [7, 11) is 1.83. The number of anilines is 1. The first-order valence-electron chi connectivity index (χ1n) is 6.71. The molecular formula is C15H19ClN2OS. The molecule has 1 heterocycles. The molecule has 3 nitrogen and oxygen atoms in total. The quantitative estimate of drug-likeness (QED) is 0.910. The molecule has 1 aromatic heterocycles. The zero-order valence-electron chi connectivity index (χ0n) is 11.9. The maximum absolute atomic E-state index is 12.6. The zero-order valence-corrected chi connectivity index (χ0v) is 13.5. The predicted octanol–water partition coefficient (Wildman–Crippen LogP) is 4.40. The Kier molecular flexibility index (Phi) is 4.55. The molecule has 1 atom stereocenters. The van der Waals surface area contributed by atoms with Gasteiger partial charge < -0.3 is 10.6 Å². The molecule has 0 fully saturated rings. The van der Waals surface area contributed by atoms with Crippen LogP contribution in [0.25, 0.3) is 10.1 Å². The van der Waals surface area contributed by atoms with Crippen molar-refractivity contribution in [3.63, 3.8) is 0 Å². The first kappa shape index (κ1) is 15.1. The molecule has 1 unspecified atom stereocenters. The number of carbonyl (C=O) groups is 1. The number of rotatable bonds is 4. The fourth-order valence-corrected chi connectivity index (χ4v) is 3.72. The lowest BCUT2D eigenvalue weighted by atomic mass is 10.1. The van der Waals surface area contributed by atoms with E-state index < -0.39 is 0 Å². The smallest absolute Gasteiger partial charge is 0.266 e. The van der Waals surface area contributed by atoms with E-state index in [1.807, 2.05) is 19.2 Å². The van der Waals surface area contributed by atoms with Crippen LogP contribution in [0.4, 0.5) is 5.69 Å². The molecular weight excluding hydrogens is 292 g/mol. The topological polar surface area (TPSA) is 46.3 Å². The minimum absolute atomic E-state index is 0.0271. The van der Waals surface area contributed by atoms with Crippen LogP contribution in [0.1, 0.15) is 36.4 Å². The Morgan fingerprint density at radius 1 is 1.50 bits per heavy atom. The molecule has 108 valence electrons. The molecule has 5 heteroatoms. The molecule has 20 heavy (non-hydrogen) atoms. The molecule has 0 radical (unpaired) electrons. The summed E-state index contributed by atoms with van der Waals surface area (Å²) in [4.78, 5) is 14.9. The molecule has 0 bridgehead atoms. The third-order valence-corrected chi connectivity index (χ3v) is 5.06. The molecule has 0 spiro atoms. The van der Waals surface area contributed by atoms with E-state index in [2.05, 4.69) is 13.8 Å². The average molecular weight is 311 g/mol. The Hall–Kier alpha value is -1.26. The first-order chi connectivity index (χ1) is 9.47. The molecule has 0 aliphatic rings. The highest BCUT2D eigenvalue weighted by atomic mass is 35.5. The summed E-state index contributed by atoms with van der Waals surface area (Å²) in [5.41, 5.74) is 6.63. The van der Waals surface area contributed by atoms with Crippen LogP contribution in [0.2, 0.25) is 5.02 Å². The highest BCUT2D eigenvalue weighted by Gasteiger charge is 2.23. The summed E-state index contributed by atoms with van der Waals surface area (Å²) in [5.74, 6) is -0.0271. The lowest BCUT2D eigenvalue weighted by molar-refractivity contribution is 0.0742. The van der Waals surface area contributed by atoms with E-state index >= 15 is 0 Å². The number of nitrogens with two attached hydrogens (primary N) is 1. The summed E-state index contributed by atoms with van der Waals surface area (Å²) in [6.07, 6.45) is 2.03. The second-order valence-electron chi connectivity index (χ2n) is 5.01. The SMILES string of the molecule is CCCC(C)N(C)C(=O)c1sc2cccc(Cl)c2c1N. The summed E-state index contributed by atoms with van der Waals surface area (Å²) in [6.45, 7) is 4.17. The van der Waals surface area contributed by atoms with Gasteiger partial charge in [-0.05, 0) is 25.5 Å². The highest BCUT2D eigenvalue weighted by Crippen LogP contribution is 2.38. The van der Waals surface area contributed by atoms with Gasteiger partial charge in [-0.25, -0.2) is 0 Å². The summed E-state index contributed by atoms with van der Waals surface area (Å²) in [5, 5.41) is 1.39. The Bertz CT molecular complexity index is 638. The molecule has 0 saturated carbocycles. The summed E-state index contributed by atoms with van der Waals surface area (Å²) in [6, 6.07) is 5.81. The van der Waals surface area contributed by atoms with E-state index in [9.17, 15) is 4.79 Å². The van der Waals surface area contributed by atoms with E-state index in [0.29, 0.717) is 15.6 Å². The molecule has 2 N–H and O–H groups in total. The van der Waals surface area contributed by atoms with Gasteiger partial charge in [0.25, 0.3) is 5.91 Å². The lowest BCUT2D eigenvalue weighted by Gasteiger charge is -2.24. The second kappa shape index (κ2) is 6.02. The van der Waals surface area contributed by atoms with Crippen molar-refractivity contribution in [2.45, 2.75) is 32.7 Å². The van der Waals surface area contributed by atoms with Crippen LogP contribution in [0.3, 0.4) is 0 Å². The van der Waals surface area contributed by atoms with Crippen LogP contribution in [0.5, 0.6) is 0 Å². The van der Waals surface area contributed by atoms with Gasteiger partial charge in [0.2, 0.25) is 0 Å². The number of hydrogen-bond donors (Lipinski definition) is 1. The van der Waals surface area contributed by atoms with E-state index in [1.54, 1.807) is 11.0 Å². The van der Waals surface area contributed by atoms with Crippen molar-refractivity contribution < 1.29 is 4.79 Å². The van der Waals surface area contributed by atoms with E-state index in [-0.39, 0.29) is 11.9 Å². The monoisotopic (exact) mass is 310 g/mol. The van der Waals surface area contributed by atoms with Crippen LogP contribution in [0.15, 0.2) is 18.2 Å². The molecule has 0 aliphatic carbocycles. The third kappa shape index (κ3) is 2.63. The van der Waals surface area contributed by atoms with Crippen molar-refractivity contribution in [1.29, 1.82) is 0 Å². The first-order valence-corrected chi connectivity index (χ1v) is 7.90. The van der Waals surface area contributed by atoms with Crippen LogP contribution < -0.4 is 5.73 Å². The largest absolute Gasteiger partial charge is 0.397 e. The number of fused-ring (bicyclic) bond motifs is 1. The van der Waals surface area contributed by atoms with Gasteiger partial charge in [0.1, 0.15) is 4.88 Å². The zero-order chi connectivity index (χ0) is 14.9. The number of carbonyl (C=O) groups excluding carboxylic acids is 1. The Labute approximate surface area is 128 Å².